The molecule has 0 fully saturated rings. The lowest BCUT2D eigenvalue weighted by Crippen LogP contribution is -2.46. The van der Waals surface area contributed by atoms with E-state index in [0.29, 0.717) is 5.69 Å². The minimum absolute atomic E-state index is 0.0349. The Morgan fingerprint density at radius 1 is 1.53 bits per heavy atom. The molecule has 5 N–H and O–H groups in total. The molecule has 0 bridgehead atoms. The maximum atomic E-state index is 11.3. The summed E-state index contributed by atoms with van der Waals surface area (Å²) >= 11 is 0. The first kappa shape index (κ1) is 13.0. The number of carbonyl (C=O) groups is 2. The zero-order chi connectivity index (χ0) is 12.7. The number of aliphatic hydroxyl groups is 1. The minimum Gasteiger partial charge on any atom is -0.480 e. The molecular weight excluding hydrogens is 228 g/mol. The zero-order valence-electron chi connectivity index (χ0n) is 9.01. The largest absolute Gasteiger partial charge is 0.480 e. The van der Waals surface area contributed by atoms with Crippen molar-refractivity contribution in [3.05, 3.63) is 18.2 Å². The number of carboxylic acid groups (broad SMARTS) is 1. The molecule has 0 aromatic carbocycles. The van der Waals surface area contributed by atoms with E-state index in [9.17, 15) is 9.59 Å². The number of nitrogens with zero attached hydrogens (tertiary/aromatic N) is 1. The number of imidazole rings is 1. The number of nitrogens with one attached hydrogen (secondary N) is 3. The van der Waals surface area contributed by atoms with Crippen molar-refractivity contribution >= 4 is 12.0 Å². The van der Waals surface area contributed by atoms with Crippen LogP contribution in [0, 0.1) is 0 Å². The van der Waals surface area contributed by atoms with Crippen LogP contribution in [-0.4, -0.2) is 44.8 Å². The van der Waals surface area contributed by atoms with Crippen molar-refractivity contribution < 1.29 is 19.8 Å². The van der Waals surface area contributed by atoms with E-state index in [0.717, 1.165) is 0 Å². The van der Waals surface area contributed by atoms with Crippen molar-refractivity contribution in [2.45, 2.75) is 19.0 Å². The smallest absolute Gasteiger partial charge is 0.326 e. The van der Waals surface area contributed by atoms with Crippen molar-refractivity contribution in [2.75, 3.05) is 6.61 Å². The fraction of sp³-hybridized carbons (Fsp3) is 0.444. The van der Waals surface area contributed by atoms with Crippen LogP contribution >= 0.6 is 0 Å². The van der Waals surface area contributed by atoms with Crippen LogP contribution in [-0.2, 0) is 11.3 Å². The lowest BCUT2D eigenvalue weighted by molar-refractivity contribution is -0.139. The SMILES string of the molecule is O=C(NCc1cnc[nH]1)N[C@@H](CCO)C(=O)O. The Morgan fingerprint density at radius 3 is 2.82 bits per heavy atom. The number of carboxylic acids is 1. The molecule has 2 amide bonds. The molecule has 0 aliphatic carbocycles. The fourth-order valence-electron chi connectivity index (χ4n) is 1.15. The summed E-state index contributed by atoms with van der Waals surface area (Å²) in [6, 6.07) is -1.71. The van der Waals surface area contributed by atoms with E-state index >= 15 is 0 Å². The van der Waals surface area contributed by atoms with Gasteiger partial charge in [0, 0.05) is 19.2 Å². The molecule has 0 saturated heterocycles. The standard InChI is InChI=1S/C9H14N4O4/c14-2-1-7(8(15)16)13-9(17)11-4-6-3-10-5-12-6/h3,5,7,14H,1-2,4H2,(H,10,12)(H,15,16)(H2,11,13,17)/t7-/m0/s1. The molecule has 0 spiro atoms. The molecule has 0 aliphatic heterocycles. The van der Waals surface area contributed by atoms with E-state index in [1.165, 1.54) is 6.33 Å². The predicted molar refractivity (Wildman–Crippen MR) is 57.1 cm³/mol. The van der Waals surface area contributed by atoms with Crippen LogP contribution in [0.4, 0.5) is 4.79 Å². The van der Waals surface area contributed by atoms with Crippen LogP contribution < -0.4 is 10.6 Å². The summed E-state index contributed by atoms with van der Waals surface area (Å²) in [5.41, 5.74) is 0.703. The van der Waals surface area contributed by atoms with Crippen LogP contribution in [0.1, 0.15) is 12.1 Å². The van der Waals surface area contributed by atoms with Gasteiger partial charge in [0.05, 0.1) is 18.6 Å². The number of H-pyrrole nitrogens is 1. The third kappa shape index (κ3) is 4.51. The van der Waals surface area contributed by atoms with Gasteiger partial charge >= 0.3 is 12.0 Å². The summed E-state index contributed by atoms with van der Waals surface area (Å²) in [5.74, 6) is -1.18. The molecule has 0 aliphatic rings. The molecule has 0 unspecified atom stereocenters. The number of aromatic amines is 1. The first-order valence-electron chi connectivity index (χ1n) is 4.98. The molecule has 8 heteroatoms. The van der Waals surface area contributed by atoms with Gasteiger partial charge in [0.25, 0.3) is 0 Å². The van der Waals surface area contributed by atoms with E-state index in [2.05, 4.69) is 20.6 Å². The number of amides is 2. The van der Waals surface area contributed by atoms with E-state index in [1.54, 1.807) is 6.20 Å². The Kier molecular flexibility index (Phi) is 4.95. The van der Waals surface area contributed by atoms with Crippen molar-refractivity contribution in [1.29, 1.82) is 0 Å². The predicted octanol–water partition coefficient (Wildman–Crippen LogP) is -0.955. The molecule has 8 nitrogen and oxygen atoms in total. The van der Waals surface area contributed by atoms with Crippen LogP contribution in [0.3, 0.4) is 0 Å². The molecule has 1 aromatic heterocycles. The molecule has 94 valence electrons. The number of aliphatic carboxylic acids is 1. The molecule has 0 radical (unpaired) electrons. The monoisotopic (exact) mass is 242 g/mol. The van der Waals surface area contributed by atoms with Gasteiger partial charge in [-0.2, -0.15) is 0 Å². The highest BCUT2D eigenvalue weighted by molar-refractivity contribution is 5.82. The zero-order valence-corrected chi connectivity index (χ0v) is 9.01. The lowest BCUT2D eigenvalue weighted by Gasteiger charge is -2.13. The summed E-state index contributed by atoms with van der Waals surface area (Å²) in [6.07, 6.45) is 2.98. The average Bonchev–Trinajstić information content (AvgIpc) is 2.78. The number of hydrogen-bond donors (Lipinski definition) is 5. The van der Waals surface area contributed by atoms with Gasteiger partial charge in [-0.15, -0.1) is 0 Å². The normalized spacial score (nSPS) is 11.8. The van der Waals surface area contributed by atoms with Gasteiger partial charge in [-0.1, -0.05) is 0 Å². The van der Waals surface area contributed by atoms with Gasteiger partial charge in [0.1, 0.15) is 6.04 Å². The Balaban J connectivity index is 2.34. The maximum absolute atomic E-state index is 11.3. The second-order valence-electron chi connectivity index (χ2n) is 3.31. The molecule has 1 heterocycles. The van der Waals surface area contributed by atoms with Gasteiger partial charge in [0.15, 0.2) is 0 Å². The van der Waals surface area contributed by atoms with Gasteiger partial charge in [-0.3, -0.25) is 0 Å². The van der Waals surface area contributed by atoms with Crippen LogP contribution in [0.5, 0.6) is 0 Å². The lowest BCUT2D eigenvalue weighted by atomic mass is 10.2. The topological polar surface area (TPSA) is 127 Å². The number of carbonyl (C=O) groups excluding carboxylic acids is 1. The summed E-state index contributed by atoms with van der Waals surface area (Å²) in [6.45, 7) is -0.0882. The first-order valence-corrected chi connectivity index (χ1v) is 4.98. The fourth-order valence-corrected chi connectivity index (χ4v) is 1.15. The Bertz CT molecular complexity index is 365. The highest BCUT2D eigenvalue weighted by Gasteiger charge is 2.18. The third-order valence-electron chi connectivity index (χ3n) is 2.02. The van der Waals surface area contributed by atoms with Gasteiger partial charge in [-0.25, -0.2) is 14.6 Å². The van der Waals surface area contributed by atoms with Crippen LogP contribution in [0.15, 0.2) is 12.5 Å². The van der Waals surface area contributed by atoms with E-state index in [-0.39, 0.29) is 19.6 Å². The molecule has 0 saturated carbocycles. The quantitative estimate of drug-likeness (QED) is 0.439. The number of aliphatic hydroxyl groups excluding tert-OH is 1. The Morgan fingerprint density at radius 2 is 2.29 bits per heavy atom. The first-order chi connectivity index (χ1) is 8.13. The molecule has 1 atom stereocenters. The maximum Gasteiger partial charge on any atom is 0.326 e. The Hall–Kier alpha value is -2.09. The summed E-state index contributed by atoms with van der Waals surface area (Å²) in [4.78, 5) is 28.6. The van der Waals surface area contributed by atoms with Gasteiger partial charge in [0.2, 0.25) is 0 Å². The van der Waals surface area contributed by atoms with Crippen molar-refractivity contribution in [3.8, 4) is 0 Å². The van der Waals surface area contributed by atoms with Gasteiger partial charge < -0.3 is 25.8 Å². The molecular formula is C9H14N4O4. The van der Waals surface area contributed by atoms with Crippen molar-refractivity contribution in [1.82, 2.24) is 20.6 Å². The number of hydrogen-bond acceptors (Lipinski definition) is 4. The summed E-state index contributed by atoms with van der Waals surface area (Å²) < 4.78 is 0. The Labute approximate surface area is 97.1 Å². The highest BCUT2D eigenvalue weighted by Crippen LogP contribution is 1.92. The average molecular weight is 242 g/mol. The molecule has 1 aromatic rings. The number of urea groups is 1. The highest BCUT2D eigenvalue weighted by atomic mass is 16.4. The second kappa shape index (κ2) is 6.48. The van der Waals surface area contributed by atoms with Crippen LogP contribution in [0.2, 0.25) is 0 Å². The minimum atomic E-state index is -1.18. The molecule has 17 heavy (non-hydrogen) atoms. The summed E-state index contributed by atoms with van der Waals surface area (Å²) in [5, 5.41) is 22.1. The molecule has 1 rings (SSSR count). The van der Waals surface area contributed by atoms with E-state index < -0.39 is 18.0 Å². The third-order valence-corrected chi connectivity index (χ3v) is 2.02. The van der Waals surface area contributed by atoms with E-state index in [4.69, 9.17) is 10.2 Å². The second-order valence-corrected chi connectivity index (χ2v) is 3.31. The van der Waals surface area contributed by atoms with Crippen molar-refractivity contribution in [3.63, 3.8) is 0 Å². The number of rotatable bonds is 6. The van der Waals surface area contributed by atoms with Crippen LogP contribution in [0.25, 0.3) is 0 Å². The number of aromatic nitrogens is 2. The van der Waals surface area contributed by atoms with Gasteiger partial charge in [-0.05, 0) is 0 Å². The van der Waals surface area contributed by atoms with E-state index in [1.807, 2.05) is 0 Å². The summed E-state index contributed by atoms with van der Waals surface area (Å²) in [7, 11) is 0. The van der Waals surface area contributed by atoms with Crippen molar-refractivity contribution in [2.24, 2.45) is 0 Å².